The number of methoxy groups -OCH3 is 2. The van der Waals surface area contributed by atoms with Gasteiger partial charge in [-0.1, -0.05) is 97.1 Å². The van der Waals surface area contributed by atoms with Gasteiger partial charge in [-0.2, -0.15) is 10.2 Å². The number of hydrogen-bond donors (Lipinski definition) is 2. The fourth-order valence-electron chi connectivity index (χ4n) is 5.36. The molecule has 0 bridgehead atoms. The van der Waals surface area contributed by atoms with E-state index in [9.17, 15) is 0 Å². The van der Waals surface area contributed by atoms with Gasteiger partial charge in [-0.05, 0) is 49.2 Å². The van der Waals surface area contributed by atoms with Crippen LogP contribution in [-0.4, -0.2) is 46.0 Å². The Morgan fingerprint density at radius 3 is 1.28 bits per heavy atom. The van der Waals surface area contributed by atoms with Crippen LogP contribution in [0.5, 0.6) is 11.5 Å². The van der Waals surface area contributed by atoms with E-state index in [0.717, 1.165) is 56.3 Å². The van der Waals surface area contributed by atoms with Crippen LogP contribution in [0.25, 0.3) is 22.5 Å². The fraction of sp³-hybridized carbons (Fsp3) is 0.150. The first-order valence-electron chi connectivity index (χ1n) is 16.2. The van der Waals surface area contributed by atoms with Gasteiger partial charge in [-0.15, -0.1) is 20.4 Å². The minimum atomic E-state index is 0.539. The monoisotopic (exact) mass is 662 g/mol. The molecule has 0 spiro atoms. The zero-order chi connectivity index (χ0) is 34.7. The maximum atomic E-state index is 5.62. The molecule has 0 unspecified atom stereocenters. The third-order valence-corrected chi connectivity index (χ3v) is 8.21. The van der Waals surface area contributed by atoms with Gasteiger partial charge < -0.3 is 9.47 Å². The second kappa shape index (κ2) is 16.1. The summed E-state index contributed by atoms with van der Waals surface area (Å²) in [5.74, 6) is 2.68. The standard InChI is InChI=1S/C40H38N8O2/c1-27(41-45-39-33(23-31-19-11-13-21-37(31)49-3)25-35(43-47-39)29-15-7-5-8-16-29)28(2)42-46-40-34(24-32-20-12-14-22-38(32)50-4)26-36(44-48-40)30-17-9-6-10-18-30/h5-22,25-26H,23-24H2,1-4H3,(H,45,47)(H,46,48)/b41-27-,42-28-. The highest BCUT2D eigenvalue weighted by molar-refractivity contribution is 6.40. The number of hydrogen-bond acceptors (Lipinski definition) is 10. The molecule has 4 aromatic carbocycles. The van der Waals surface area contributed by atoms with Crippen molar-refractivity contribution < 1.29 is 9.47 Å². The molecule has 0 fully saturated rings. The van der Waals surface area contributed by atoms with Crippen molar-refractivity contribution in [3.8, 4) is 34.0 Å². The van der Waals surface area contributed by atoms with E-state index >= 15 is 0 Å². The Kier molecular flexibility index (Phi) is 10.8. The predicted molar refractivity (Wildman–Crippen MR) is 200 cm³/mol. The highest BCUT2D eigenvalue weighted by Gasteiger charge is 2.14. The van der Waals surface area contributed by atoms with Crippen molar-refractivity contribution in [2.24, 2.45) is 10.2 Å². The van der Waals surface area contributed by atoms with Crippen LogP contribution in [0.3, 0.4) is 0 Å². The number of rotatable bonds is 13. The minimum absolute atomic E-state index is 0.539. The van der Waals surface area contributed by atoms with Crippen molar-refractivity contribution in [3.05, 3.63) is 144 Å². The lowest BCUT2D eigenvalue weighted by Crippen LogP contribution is -2.13. The van der Waals surface area contributed by atoms with Crippen LogP contribution in [0.2, 0.25) is 0 Å². The van der Waals surface area contributed by atoms with Crippen molar-refractivity contribution in [1.82, 2.24) is 20.4 Å². The number of nitrogens with one attached hydrogen (secondary N) is 2. The van der Waals surface area contributed by atoms with Gasteiger partial charge in [0.25, 0.3) is 0 Å². The number of aromatic nitrogens is 4. The van der Waals surface area contributed by atoms with E-state index in [1.165, 1.54) is 0 Å². The molecule has 250 valence electrons. The molecule has 2 aromatic heterocycles. The number of nitrogens with zero attached hydrogens (tertiary/aromatic N) is 6. The number of ether oxygens (including phenoxy) is 2. The molecule has 2 heterocycles. The third kappa shape index (κ3) is 8.16. The van der Waals surface area contributed by atoms with Crippen molar-refractivity contribution in [3.63, 3.8) is 0 Å². The molecular formula is C40H38N8O2. The highest BCUT2D eigenvalue weighted by Crippen LogP contribution is 2.28. The van der Waals surface area contributed by atoms with E-state index in [0.29, 0.717) is 35.9 Å². The average molecular weight is 663 g/mol. The maximum Gasteiger partial charge on any atom is 0.172 e. The summed E-state index contributed by atoms with van der Waals surface area (Å²) in [4.78, 5) is 0. The molecule has 0 radical (unpaired) electrons. The summed E-state index contributed by atoms with van der Waals surface area (Å²) in [6.07, 6.45) is 1.13. The SMILES string of the molecule is COc1ccccc1Cc1cc(-c2ccccc2)nnc1N/N=C(C)\C(C)=N/Nc1nnc(-c2ccccc2)cc1Cc1ccccc1OC. The van der Waals surface area contributed by atoms with Crippen LogP contribution >= 0.6 is 0 Å². The van der Waals surface area contributed by atoms with E-state index in [-0.39, 0.29) is 0 Å². The Balaban J connectivity index is 1.26. The number of anilines is 2. The molecule has 6 aromatic rings. The topological polar surface area (TPSA) is 119 Å². The van der Waals surface area contributed by atoms with E-state index < -0.39 is 0 Å². The fourth-order valence-corrected chi connectivity index (χ4v) is 5.36. The molecule has 0 atom stereocenters. The van der Waals surface area contributed by atoms with Crippen LogP contribution in [0.1, 0.15) is 36.1 Å². The first-order valence-corrected chi connectivity index (χ1v) is 16.2. The second-order valence-corrected chi connectivity index (χ2v) is 11.5. The molecule has 0 saturated carbocycles. The van der Waals surface area contributed by atoms with E-state index in [1.807, 2.05) is 135 Å². The molecule has 50 heavy (non-hydrogen) atoms. The summed E-state index contributed by atoms with van der Waals surface area (Å²) < 4.78 is 11.2. The molecule has 0 aliphatic heterocycles. The van der Waals surface area contributed by atoms with Crippen LogP contribution < -0.4 is 20.3 Å². The average Bonchev–Trinajstić information content (AvgIpc) is 3.17. The molecular weight excluding hydrogens is 624 g/mol. The lowest BCUT2D eigenvalue weighted by atomic mass is 10.0. The minimum Gasteiger partial charge on any atom is -0.496 e. The lowest BCUT2D eigenvalue weighted by molar-refractivity contribution is 0.410. The van der Waals surface area contributed by atoms with Crippen molar-refractivity contribution in [2.45, 2.75) is 26.7 Å². The van der Waals surface area contributed by atoms with Crippen LogP contribution in [0.15, 0.2) is 132 Å². The third-order valence-electron chi connectivity index (χ3n) is 8.21. The van der Waals surface area contributed by atoms with Gasteiger partial charge in [0.1, 0.15) is 11.5 Å². The molecule has 0 saturated heterocycles. The number of benzene rings is 4. The van der Waals surface area contributed by atoms with Gasteiger partial charge in [0, 0.05) is 35.1 Å². The van der Waals surface area contributed by atoms with Gasteiger partial charge >= 0.3 is 0 Å². The molecule has 0 amide bonds. The summed E-state index contributed by atoms with van der Waals surface area (Å²) in [5.41, 5.74) is 14.9. The van der Waals surface area contributed by atoms with Gasteiger partial charge in [-0.25, -0.2) is 0 Å². The summed E-state index contributed by atoms with van der Waals surface area (Å²) in [6, 6.07) is 39.9. The second-order valence-electron chi connectivity index (χ2n) is 11.5. The highest BCUT2D eigenvalue weighted by atomic mass is 16.5. The van der Waals surface area contributed by atoms with Gasteiger partial charge in [0.2, 0.25) is 0 Å². The van der Waals surface area contributed by atoms with Gasteiger partial charge in [0.05, 0.1) is 37.0 Å². The van der Waals surface area contributed by atoms with Crippen LogP contribution in [-0.2, 0) is 12.8 Å². The molecule has 2 N–H and O–H groups in total. The zero-order valence-corrected chi connectivity index (χ0v) is 28.5. The van der Waals surface area contributed by atoms with Crippen molar-refractivity contribution in [2.75, 3.05) is 25.1 Å². The normalized spacial score (nSPS) is 11.6. The smallest absolute Gasteiger partial charge is 0.172 e. The summed E-state index contributed by atoms with van der Waals surface area (Å²) in [7, 11) is 3.35. The molecule has 10 nitrogen and oxygen atoms in total. The molecule has 0 aliphatic rings. The lowest BCUT2D eigenvalue weighted by Gasteiger charge is -2.13. The summed E-state index contributed by atoms with van der Waals surface area (Å²) in [5, 5.41) is 27.3. The maximum absolute atomic E-state index is 5.62. The zero-order valence-electron chi connectivity index (χ0n) is 28.5. The molecule has 10 heteroatoms. The summed E-state index contributed by atoms with van der Waals surface area (Å²) in [6.45, 7) is 3.75. The molecule has 6 rings (SSSR count). The Morgan fingerprint density at radius 2 is 0.880 bits per heavy atom. The summed E-state index contributed by atoms with van der Waals surface area (Å²) >= 11 is 0. The van der Waals surface area contributed by atoms with Crippen LogP contribution in [0.4, 0.5) is 11.6 Å². The van der Waals surface area contributed by atoms with E-state index in [4.69, 9.17) is 9.47 Å². The number of hydrazone groups is 2. The quantitative estimate of drug-likeness (QED) is 0.0942. The van der Waals surface area contributed by atoms with Crippen molar-refractivity contribution in [1.29, 1.82) is 0 Å². The Labute approximate surface area is 292 Å². The Hall–Kier alpha value is -6.42. The van der Waals surface area contributed by atoms with Gasteiger partial charge in [-0.3, -0.25) is 10.9 Å². The van der Waals surface area contributed by atoms with E-state index in [2.05, 4.69) is 41.4 Å². The van der Waals surface area contributed by atoms with E-state index in [1.54, 1.807) is 14.2 Å². The predicted octanol–water partition coefficient (Wildman–Crippen LogP) is 8.08. The first-order chi connectivity index (χ1) is 24.5. The van der Waals surface area contributed by atoms with Crippen LogP contribution in [0, 0.1) is 0 Å². The Morgan fingerprint density at radius 1 is 0.500 bits per heavy atom. The van der Waals surface area contributed by atoms with Crippen molar-refractivity contribution >= 4 is 23.1 Å². The first kappa shape index (κ1) is 33.5. The Bertz CT molecular complexity index is 1970. The van der Waals surface area contributed by atoms with Gasteiger partial charge in [0.15, 0.2) is 11.6 Å². The largest absolute Gasteiger partial charge is 0.496 e. The molecule has 0 aliphatic carbocycles. The number of para-hydroxylation sites is 2.